The van der Waals surface area contributed by atoms with Crippen LogP contribution in [0.3, 0.4) is 0 Å². The van der Waals surface area contributed by atoms with Crippen molar-refractivity contribution in [2.45, 2.75) is 32.9 Å². The van der Waals surface area contributed by atoms with Gasteiger partial charge in [-0.2, -0.15) is 10.5 Å². The third-order valence-corrected chi connectivity index (χ3v) is 8.51. The molecule has 4 aliphatic rings. The van der Waals surface area contributed by atoms with Gasteiger partial charge in [0, 0.05) is 49.7 Å². The molecule has 1 aliphatic carbocycles. The molecule has 0 bridgehead atoms. The lowest BCUT2D eigenvalue weighted by molar-refractivity contribution is 0.153. The standard InChI is InChI=1S/C27H26ClN9/c1-18-19(9-29)2-5-23(31-18)35-14-27(15-35)16-36(17-27)25-33-32-24-11-34(13-26(12-30)6-7-26)10-20-8-21(28)3-4-22(20)37(24)25/h2-5,8H,6-7,10-11,13-17H2,1H3. The summed E-state index contributed by atoms with van der Waals surface area (Å²) >= 11 is 6.40. The SMILES string of the molecule is Cc1nc(N2CC3(C2)CN(c2nnc4n2-c2ccc(Cl)cc2CN(CC2(C#N)CC2)C4)C3)ccc1C#N. The Kier molecular flexibility index (Phi) is 4.82. The highest BCUT2D eigenvalue weighted by atomic mass is 35.5. The zero-order valence-electron chi connectivity index (χ0n) is 20.7. The Morgan fingerprint density at radius 2 is 1.78 bits per heavy atom. The Morgan fingerprint density at radius 1 is 1.00 bits per heavy atom. The van der Waals surface area contributed by atoms with Crippen molar-refractivity contribution in [1.29, 1.82) is 10.5 Å². The van der Waals surface area contributed by atoms with Crippen molar-refractivity contribution in [3.05, 3.63) is 58.0 Å². The number of aromatic nitrogens is 4. The van der Waals surface area contributed by atoms with E-state index in [-0.39, 0.29) is 10.8 Å². The first-order valence-electron chi connectivity index (χ1n) is 12.6. The van der Waals surface area contributed by atoms with Crippen LogP contribution in [0.5, 0.6) is 0 Å². The Morgan fingerprint density at radius 3 is 2.49 bits per heavy atom. The number of hydrogen-bond donors (Lipinski definition) is 0. The number of pyridine rings is 1. The van der Waals surface area contributed by atoms with E-state index < -0.39 is 0 Å². The summed E-state index contributed by atoms with van der Waals surface area (Å²) < 4.78 is 2.19. The molecule has 3 fully saturated rings. The van der Waals surface area contributed by atoms with Crippen LogP contribution in [0.15, 0.2) is 30.3 Å². The second kappa shape index (κ2) is 7.92. The number of benzene rings is 1. The lowest BCUT2D eigenvalue weighted by Gasteiger charge is -2.60. The molecule has 5 heterocycles. The monoisotopic (exact) mass is 511 g/mol. The molecule has 186 valence electrons. The summed E-state index contributed by atoms with van der Waals surface area (Å²) in [6.07, 6.45) is 1.93. The van der Waals surface area contributed by atoms with Gasteiger partial charge in [-0.1, -0.05) is 11.6 Å². The van der Waals surface area contributed by atoms with Gasteiger partial charge in [0.25, 0.3) is 0 Å². The van der Waals surface area contributed by atoms with Crippen LogP contribution in [0.1, 0.15) is 35.5 Å². The quantitative estimate of drug-likeness (QED) is 0.525. The Hall–Kier alpha value is -3.66. The van der Waals surface area contributed by atoms with Gasteiger partial charge in [0.1, 0.15) is 11.9 Å². The molecule has 10 heteroatoms. The second-order valence-electron chi connectivity index (χ2n) is 11.2. The number of aryl methyl sites for hydroxylation is 1. The van der Waals surface area contributed by atoms with Crippen molar-refractivity contribution in [2.75, 3.05) is 42.5 Å². The molecule has 3 aromatic rings. The average molecular weight is 512 g/mol. The molecule has 0 atom stereocenters. The fourth-order valence-electron chi connectivity index (χ4n) is 6.13. The maximum absolute atomic E-state index is 9.66. The number of fused-ring (bicyclic) bond motifs is 3. The summed E-state index contributed by atoms with van der Waals surface area (Å²) in [5.41, 5.74) is 3.60. The second-order valence-corrected chi connectivity index (χ2v) is 11.6. The molecule has 7 rings (SSSR count). The third-order valence-electron chi connectivity index (χ3n) is 8.27. The van der Waals surface area contributed by atoms with E-state index in [2.05, 4.69) is 52.7 Å². The third kappa shape index (κ3) is 3.65. The maximum Gasteiger partial charge on any atom is 0.231 e. The minimum atomic E-state index is -0.223. The van der Waals surface area contributed by atoms with E-state index in [0.717, 1.165) is 86.6 Å². The predicted molar refractivity (Wildman–Crippen MR) is 138 cm³/mol. The topological polar surface area (TPSA) is 101 Å². The molecule has 0 unspecified atom stereocenters. The molecule has 1 aromatic carbocycles. The first kappa shape index (κ1) is 22.5. The molecule has 9 nitrogen and oxygen atoms in total. The van der Waals surface area contributed by atoms with Crippen LogP contribution < -0.4 is 9.80 Å². The van der Waals surface area contributed by atoms with Crippen molar-refractivity contribution in [3.63, 3.8) is 0 Å². The largest absolute Gasteiger partial charge is 0.355 e. The van der Waals surface area contributed by atoms with Crippen LogP contribution in [0.25, 0.3) is 5.69 Å². The fourth-order valence-corrected chi connectivity index (χ4v) is 6.32. The maximum atomic E-state index is 9.66. The van der Waals surface area contributed by atoms with Crippen molar-refractivity contribution in [1.82, 2.24) is 24.6 Å². The molecule has 2 aromatic heterocycles. The highest BCUT2D eigenvalue weighted by Gasteiger charge is 2.53. The predicted octanol–water partition coefficient (Wildman–Crippen LogP) is 3.44. The van der Waals surface area contributed by atoms with Gasteiger partial charge in [-0.15, -0.1) is 10.2 Å². The molecule has 1 spiro atoms. The van der Waals surface area contributed by atoms with E-state index in [1.165, 1.54) is 0 Å². The molecular formula is C27H26ClN9. The molecule has 3 aliphatic heterocycles. The van der Waals surface area contributed by atoms with E-state index in [4.69, 9.17) is 11.6 Å². The number of halogens is 1. The summed E-state index contributed by atoms with van der Waals surface area (Å²) in [5, 5.41) is 28.8. The van der Waals surface area contributed by atoms with Crippen LogP contribution in [-0.4, -0.2) is 57.4 Å². The molecule has 37 heavy (non-hydrogen) atoms. The zero-order valence-corrected chi connectivity index (χ0v) is 21.4. The van der Waals surface area contributed by atoms with E-state index in [0.29, 0.717) is 17.1 Å². The number of nitriles is 2. The van der Waals surface area contributed by atoms with Crippen LogP contribution in [0.2, 0.25) is 5.02 Å². The molecule has 2 saturated heterocycles. The first-order chi connectivity index (χ1) is 17.9. The number of nitrogens with zero attached hydrogens (tertiary/aromatic N) is 9. The zero-order chi connectivity index (χ0) is 25.4. The lowest BCUT2D eigenvalue weighted by Crippen LogP contribution is -2.73. The van der Waals surface area contributed by atoms with Crippen LogP contribution >= 0.6 is 11.6 Å². The van der Waals surface area contributed by atoms with Gasteiger partial charge >= 0.3 is 0 Å². The van der Waals surface area contributed by atoms with Crippen molar-refractivity contribution < 1.29 is 0 Å². The first-order valence-corrected chi connectivity index (χ1v) is 13.0. The van der Waals surface area contributed by atoms with Gasteiger partial charge < -0.3 is 9.80 Å². The van der Waals surface area contributed by atoms with Gasteiger partial charge in [-0.25, -0.2) is 4.98 Å². The molecule has 0 N–H and O–H groups in total. The lowest BCUT2D eigenvalue weighted by atomic mass is 9.73. The van der Waals surface area contributed by atoms with E-state index in [1.807, 2.05) is 31.2 Å². The van der Waals surface area contributed by atoms with Crippen LogP contribution in [0, 0.1) is 40.4 Å². The number of hydrogen-bond acceptors (Lipinski definition) is 8. The van der Waals surface area contributed by atoms with Gasteiger partial charge in [-0.05, 0) is 55.7 Å². The van der Waals surface area contributed by atoms with Crippen LogP contribution in [-0.2, 0) is 13.1 Å². The smallest absolute Gasteiger partial charge is 0.231 e. The van der Waals surface area contributed by atoms with Gasteiger partial charge in [-0.3, -0.25) is 9.47 Å². The average Bonchev–Trinajstić information content (AvgIpc) is 3.52. The van der Waals surface area contributed by atoms with Crippen molar-refractivity contribution in [2.24, 2.45) is 10.8 Å². The summed E-state index contributed by atoms with van der Waals surface area (Å²) in [6.45, 7) is 7.73. The number of rotatable bonds is 4. The summed E-state index contributed by atoms with van der Waals surface area (Å²) in [6, 6.07) is 14.5. The van der Waals surface area contributed by atoms with Gasteiger partial charge in [0.15, 0.2) is 5.82 Å². The molecule has 0 radical (unpaired) electrons. The summed E-state index contributed by atoms with van der Waals surface area (Å²) in [5.74, 6) is 2.71. The summed E-state index contributed by atoms with van der Waals surface area (Å²) in [4.78, 5) is 11.5. The van der Waals surface area contributed by atoms with E-state index >= 15 is 0 Å². The minimum Gasteiger partial charge on any atom is -0.355 e. The Balaban J connectivity index is 1.11. The highest BCUT2D eigenvalue weighted by molar-refractivity contribution is 6.30. The number of anilines is 2. The van der Waals surface area contributed by atoms with E-state index in [1.54, 1.807) is 0 Å². The Bertz CT molecular complexity index is 1490. The van der Waals surface area contributed by atoms with Gasteiger partial charge in [0.2, 0.25) is 5.95 Å². The normalized spacial score (nSPS) is 20.6. The van der Waals surface area contributed by atoms with Crippen LogP contribution in [0.4, 0.5) is 11.8 Å². The Labute approximate surface area is 220 Å². The summed E-state index contributed by atoms with van der Waals surface area (Å²) in [7, 11) is 0. The minimum absolute atomic E-state index is 0.223. The van der Waals surface area contributed by atoms with Gasteiger partial charge in [0.05, 0.1) is 35.0 Å². The highest BCUT2D eigenvalue weighted by Crippen LogP contribution is 2.47. The van der Waals surface area contributed by atoms with Crippen molar-refractivity contribution in [3.8, 4) is 17.8 Å². The van der Waals surface area contributed by atoms with E-state index in [9.17, 15) is 10.5 Å². The molecule has 0 amide bonds. The van der Waals surface area contributed by atoms with Crippen molar-refractivity contribution >= 4 is 23.4 Å². The molecule has 1 saturated carbocycles. The fraction of sp³-hybridized carbons (Fsp3) is 0.444. The molecular weight excluding hydrogens is 486 g/mol.